The summed E-state index contributed by atoms with van der Waals surface area (Å²) in [4.78, 5) is 29.5. The molecule has 1 saturated heterocycles. The van der Waals surface area contributed by atoms with Crippen LogP contribution in [-0.4, -0.2) is 41.4 Å². The SMILES string of the molecule is O=C(O)C1=CC(Sc2ccc(Cn3ccnc3)cc2)S[C@@H]2CC(=O)N12. The smallest absolute Gasteiger partial charge is 0.352 e. The topological polar surface area (TPSA) is 75.4 Å². The van der Waals surface area contributed by atoms with Crippen LogP contribution in [0.1, 0.15) is 12.0 Å². The van der Waals surface area contributed by atoms with E-state index < -0.39 is 5.97 Å². The number of benzene rings is 1. The van der Waals surface area contributed by atoms with E-state index in [9.17, 15) is 14.7 Å². The summed E-state index contributed by atoms with van der Waals surface area (Å²) in [6, 6.07) is 8.22. The molecule has 2 atom stereocenters. The van der Waals surface area contributed by atoms with Crippen LogP contribution in [0.3, 0.4) is 0 Å². The number of amides is 1. The van der Waals surface area contributed by atoms with Crippen molar-refractivity contribution in [2.24, 2.45) is 0 Å². The predicted molar refractivity (Wildman–Crippen MR) is 96.0 cm³/mol. The summed E-state index contributed by atoms with van der Waals surface area (Å²) in [6.45, 7) is 0.769. The lowest BCUT2D eigenvalue weighted by Crippen LogP contribution is -2.53. The zero-order valence-corrected chi connectivity index (χ0v) is 14.7. The molecule has 3 heterocycles. The Balaban J connectivity index is 1.45. The van der Waals surface area contributed by atoms with E-state index in [-0.39, 0.29) is 21.6 Å². The van der Waals surface area contributed by atoms with Crippen LogP contribution in [0.5, 0.6) is 0 Å². The minimum atomic E-state index is -1.04. The molecule has 0 bridgehead atoms. The molecule has 1 aromatic heterocycles. The maximum absolute atomic E-state index is 11.6. The number of carbonyl (C=O) groups is 2. The minimum Gasteiger partial charge on any atom is -0.477 e. The molecule has 128 valence electrons. The predicted octanol–water partition coefficient (Wildman–Crippen LogP) is 2.62. The summed E-state index contributed by atoms with van der Waals surface area (Å²) in [7, 11) is 0. The summed E-state index contributed by atoms with van der Waals surface area (Å²) in [5, 5.41) is 9.28. The van der Waals surface area contributed by atoms with Gasteiger partial charge in [0, 0.05) is 23.8 Å². The molecular weight excluding hydrogens is 358 g/mol. The van der Waals surface area contributed by atoms with Crippen molar-refractivity contribution in [2.75, 3.05) is 0 Å². The van der Waals surface area contributed by atoms with E-state index in [1.54, 1.807) is 42.1 Å². The number of rotatable bonds is 5. The highest BCUT2D eigenvalue weighted by Gasteiger charge is 2.45. The lowest BCUT2D eigenvalue weighted by Gasteiger charge is -2.44. The first-order valence-electron chi connectivity index (χ1n) is 7.74. The number of imidazole rings is 1. The summed E-state index contributed by atoms with van der Waals surface area (Å²) in [6.07, 6.45) is 7.54. The maximum Gasteiger partial charge on any atom is 0.352 e. The number of aliphatic carboxylic acids is 1. The molecule has 0 radical (unpaired) electrons. The molecule has 2 aliphatic heterocycles. The van der Waals surface area contributed by atoms with Crippen LogP contribution < -0.4 is 0 Å². The normalized spacial score (nSPS) is 22.2. The van der Waals surface area contributed by atoms with Crippen LogP contribution in [0, 0.1) is 0 Å². The summed E-state index contributed by atoms with van der Waals surface area (Å²) in [5.41, 5.74) is 1.28. The Labute approximate surface area is 152 Å². The first-order valence-corrected chi connectivity index (χ1v) is 9.56. The van der Waals surface area contributed by atoms with Crippen LogP contribution in [0.2, 0.25) is 0 Å². The van der Waals surface area contributed by atoms with Crippen LogP contribution in [0.15, 0.2) is 59.7 Å². The maximum atomic E-state index is 11.6. The van der Waals surface area contributed by atoms with Gasteiger partial charge in [-0.25, -0.2) is 9.78 Å². The summed E-state index contributed by atoms with van der Waals surface area (Å²) >= 11 is 3.23. The molecule has 0 spiro atoms. The number of β-lactam (4-membered cyclic amide) rings is 1. The molecule has 1 N–H and O–H groups in total. The standard InChI is InChI=1S/C17H15N3O3S2/c21-14-8-15-20(14)13(17(22)23)7-16(25-15)24-12-3-1-11(2-4-12)9-19-6-5-18-10-19/h1-7,10,15-16H,8-9H2,(H,22,23)/t15-,16?/m1/s1. The fraction of sp³-hybridized carbons (Fsp3) is 0.235. The van der Waals surface area contributed by atoms with Gasteiger partial charge < -0.3 is 9.67 Å². The van der Waals surface area contributed by atoms with E-state index in [4.69, 9.17) is 0 Å². The van der Waals surface area contributed by atoms with Gasteiger partial charge in [0.1, 0.15) is 5.70 Å². The Bertz CT molecular complexity index is 833. The molecule has 2 aromatic rings. The quantitative estimate of drug-likeness (QED) is 0.812. The van der Waals surface area contributed by atoms with Crippen molar-refractivity contribution in [1.29, 1.82) is 0 Å². The molecule has 1 fully saturated rings. The van der Waals surface area contributed by atoms with E-state index in [1.165, 1.54) is 10.5 Å². The van der Waals surface area contributed by atoms with Crippen molar-refractivity contribution in [3.63, 3.8) is 0 Å². The average Bonchev–Trinajstić information content (AvgIpc) is 3.08. The van der Waals surface area contributed by atoms with Crippen LogP contribution >= 0.6 is 23.5 Å². The van der Waals surface area contributed by atoms with E-state index in [2.05, 4.69) is 17.1 Å². The second kappa shape index (κ2) is 6.61. The number of thioether (sulfide) groups is 2. The lowest BCUT2D eigenvalue weighted by molar-refractivity contribution is -0.146. The zero-order chi connectivity index (χ0) is 17.4. The second-order valence-corrected chi connectivity index (χ2v) is 8.62. The first-order chi connectivity index (χ1) is 12.1. The largest absolute Gasteiger partial charge is 0.477 e. The average molecular weight is 373 g/mol. The third kappa shape index (κ3) is 3.32. The van der Waals surface area contributed by atoms with Crippen LogP contribution in [-0.2, 0) is 16.1 Å². The van der Waals surface area contributed by atoms with Crippen molar-refractivity contribution in [1.82, 2.24) is 14.5 Å². The number of nitrogens with zero attached hydrogens (tertiary/aromatic N) is 3. The highest BCUT2D eigenvalue weighted by molar-refractivity contribution is 8.17. The Morgan fingerprint density at radius 1 is 1.36 bits per heavy atom. The van der Waals surface area contributed by atoms with Crippen molar-refractivity contribution >= 4 is 35.4 Å². The minimum absolute atomic E-state index is 0.0139. The van der Waals surface area contributed by atoms with Gasteiger partial charge in [0.15, 0.2) is 0 Å². The van der Waals surface area contributed by atoms with Gasteiger partial charge >= 0.3 is 5.97 Å². The van der Waals surface area contributed by atoms with E-state index in [0.717, 1.165) is 11.4 Å². The molecule has 6 nitrogen and oxygen atoms in total. The zero-order valence-electron chi connectivity index (χ0n) is 13.1. The molecule has 1 aromatic carbocycles. The highest BCUT2D eigenvalue weighted by atomic mass is 32.2. The molecule has 0 saturated carbocycles. The van der Waals surface area contributed by atoms with E-state index in [1.807, 2.05) is 22.9 Å². The number of fused-ring (bicyclic) bond motifs is 1. The Hall–Kier alpha value is -2.19. The van der Waals surface area contributed by atoms with Gasteiger partial charge in [0.25, 0.3) is 0 Å². The number of hydrogen-bond donors (Lipinski definition) is 1. The van der Waals surface area contributed by atoms with Gasteiger partial charge in [0.2, 0.25) is 5.91 Å². The third-order valence-corrected chi connectivity index (χ3v) is 6.70. The third-order valence-electron chi connectivity index (χ3n) is 4.07. The molecule has 25 heavy (non-hydrogen) atoms. The molecular formula is C17H15N3O3S2. The Kier molecular flexibility index (Phi) is 4.30. The van der Waals surface area contributed by atoms with Crippen molar-refractivity contribution in [3.05, 3.63) is 60.3 Å². The fourth-order valence-electron chi connectivity index (χ4n) is 2.82. The molecule has 1 unspecified atom stereocenters. The van der Waals surface area contributed by atoms with E-state index in [0.29, 0.717) is 6.42 Å². The molecule has 1 amide bonds. The molecule has 0 aliphatic carbocycles. The number of aromatic nitrogens is 2. The van der Waals surface area contributed by atoms with Gasteiger partial charge in [-0.2, -0.15) is 0 Å². The van der Waals surface area contributed by atoms with Crippen molar-refractivity contribution in [3.8, 4) is 0 Å². The number of hydrogen-bond acceptors (Lipinski definition) is 5. The van der Waals surface area contributed by atoms with Gasteiger partial charge in [-0.15, -0.1) is 23.5 Å². The fourth-order valence-corrected chi connectivity index (χ4v) is 5.63. The lowest BCUT2D eigenvalue weighted by atomic mass is 10.1. The second-order valence-electron chi connectivity index (χ2n) is 5.78. The van der Waals surface area contributed by atoms with Crippen LogP contribution in [0.25, 0.3) is 0 Å². The highest BCUT2D eigenvalue weighted by Crippen LogP contribution is 2.45. The summed E-state index contributed by atoms with van der Waals surface area (Å²) < 4.78 is 1.99. The Morgan fingerprint density at radius 3 is 2.80 bits per heavy atom. The van der Waals surface area contributed by atoms with Crippen LogP contribution in [0.4, 0.5) is 0 Å². The summed E-state index contributed by atoms with van der Waals surface area (Å²) in [5.74, 6) is -1.15. The van der Waals surface area contributed by atoms with Gasteiger partial charge in [0.05, 0.1) is 22.7 Å². The van der Waals surface area contributed by atoms with Crippen molar-refractivity contribution in [2.45, 2.75) is 27.8 Å². The van der Waals surface area contributed by atoms with Gasteiger partial charge in [-0.3, -0.25) is 9.69 Å². The van der Waals surface area contributed by atoms with Gasteiger partial charge in [-0.05, 0) is 23.8 Å². The molecule has 4 rings (SSSR count). The Morgan fingerprint density at radius 2 is 2.16 bits per heavy atom. The number of carboxylic acid groups (broad SMARTS) is 1. The monoisotopic (exact) mass is 373 g/mol. The van der Waals surface area contributed by atoms with Crippen molar-refractivity contribution < 1.29 is 14.7 Å². The first kappa shape index (κ1) is 16.3. The van der Waals surface area contributed by atoms with Gasteiger partial charge in [-0.1, -0.05) is 12.1 Å². The number of carboxylic acids is 1. The number of carbonyl (C=O) groups excluding carboxylic acids is 1. The molecule has 2 aliphatic rings. The van der Waals surface area contributed by atoms with E-state index >= 15 is 0 Å². The molecule has 8 heteroatoms.